The Kier molecular flexibility index (Phi) is 3.69. The minimum Gasteiger partial charge on any atom is -0.484 e. The number of benzene rings is 1. The van der Waals surface area contributed by atoms with Crippen molar-refractivity contribution in [3.63, 3.8) is 0 Å². The average molecular weight is 244 g/mol. The highest BCUT2D eigenvalue weighted by Crippen LogP contribution is 2.23. The number of amidine groups is 1. The topological polar surface area (TPSA) is 131 Å². The molecule has 0 saturated carbocycles. The maximum Gasteiger partial charge on any atom is 0.296 e. The van der Waals surface area contributed by atoms with Gasteiger partial charge in [-0.1, -0.05) is 12.1 Å². The highest BCUT2D eigenvalue weighted by molar-refractivity contribution is 7.90. The Morgan fingerprint density at radius 2 is 2.06 bits per heavy atom. The molecule has 6 N–H and O–H groups in total. The van der Waals surface area contributed by atoms with Crippen LogP contribution in [0.2, 0.25) is 0 Å². The maximum atomic E-state index is 10.8. The summed E-state index contributed by atoms with van der Waals surface area (Å²) in [7, 11) is -3.85. The van der Waals surface area contributed by atoms with E-state index in [1.165, 1.54) is 12.1 Å². The number of hydrogen-bond acceptors (Lipinski definition) is 4. The van der Waals surface area contributed by atoms with Gasteiger partial charge in [-0.25, -0.2) is 5.14 Å². The zero-order valence-electron chi connectivity index (χ0n) is 8.30. The molecule has 8 heteroatoms. The van der Waals surface area contributed by atoms with Gasteiger partial charge in [0.15, 0.2) is 0 Å². The van der Waals surface area contributed by atoms with Crippen molar-refractivity contribution in [3.05, 3.63) is 24.3 Å². The second kappa shape index (κ2) is 4.81. The molecule has 0 atom stereocenters. The number of hydrogen-bond donors (Lipinski definition) is 4. The minimum absolute atomic E-state index is 0.122. The third kappa shape index (κ3) is 4.15. The van der Waals surface area contributed by atoms with Gasteiger partial charge < -0.3 is 10.5 Å². The van der Waals surface area contributed by atoms with Crippen molar-refractivity contribution >= 4 is 21.7 Å². The van der Waals surface area contributed by atoms with Crippen LogP contribution in [0.15, 0.2) is 24.3 Å². The van der Waals surface area contributed by atoms with E-state index in [2.05, 4.69) is 4.72 Å². The van der Waals surface area contributed by atoms with Crippen molar-refractivity contribution in [3.8, 4) is 5.75 Å². The van der Waals surface area contributed by atoms with Gasteiger partial charge in [-0.2, -0.15) is 8.42 Å². The molecule has 88 valence electrons. The van der Waals surface area contributed by atoms with Crippen molar-refractivity contribution in [1.29, 1.82) is 5.41 Å². The Morgan fingerprint density at radius 1 is 1.44 bits per heavy atom. The summed E-state index contributed by atoms with van der Waals surface area (Å²) in [5, 5.41) is 11.8. The normalized spacial score (nSPS) is 10.8. The van der Waals surface area contributed by atoms with E-state index in [0.717, 1.165) is 0 Å². The van der Waals surface area contributed by atoms with E-state index in [-0.39, 0.29) is 23.9 Å². The van der Waals surface area contributed by atoms with Crippen LogP contribution in [0.25, 0.3) is 0 Å². The standard InChI is InChI=1S/C8H12N4O3S/c9-8(10)5-15-7-4-2-1-3-6(7)12-16(11,13)14/h1-4,12H,5H2,(H3,9,10)(H2,11,13,14). The maximum absolute atomic E-state index is 10.8. The Morgan fingerprint density at radius 3 is 2.62 bits per heavy atom. The van der Waals surface area contributed by atoms with Crippen molar-refractivity contribution in [1.82, 2.24) is 0 Å². The number of anilines is 1. The van der Waals surface area contributed by atoms with Crippen LogP contribution >= 0.6 is 0 Å². The van der Waals surface area contributed by atoms with Crippen LogP contribution in [-0.4, -0.2) is 20.9 Å². The summed E-state index contributed by atoms with van der Waals surface area (Å²) in [6.07, 6.45) is 0. The van der Waals surface area contributed by atoms with E-state index < -0.39 is 10.2 Å². The molecule has 0 aliphatic carbocycles. The molecule has 1 rings (SSSR count). The van der Waals surface area contributed by atoms with Crippen LogP contribution in [-0.2, 0) is 10.2 Å². The molecular weight excluding hydrogens is 232 g/mol. The highest BCUT2D eigenvalue weighted by atomic mass is 32.2. The molecule has 0 aliphatic rings. The van der Waals surface area contributed by atoms with Gasteiger partial charge in [-0.05, 0) is 12.1 Å². The lowest BCUT2D eigenvalue weighted by Crippen LogP contribution is -2.23. The van der Waals surface area contributed by atoms with Gasteiger partial charge in [-0.15, -0.1) is 0 Å². The molecule has 0 heterocycles. The molecule has 0 fully saturated rings. The lowest BCUT2D eigenvalue weighted by atomic mass is 10.3. The lowest BCUT2D eigenvalue weighted by molar-refractivity contribution is 0.376. The second-order valence-electron chi connectivity index (χ2n) is 2.96. The molecule has 0 radical (unpaired) electrons. The Labute approximate surface area is 93.1 Å². The van der Waals surface area contributed by atoms with Gasteiger partial charge in [0.25, 0.3) is 10.2 Å². The van der Waals surface area contributed by atoms with E-state index in [4.69, 9.17) is 21.0 Å². The van der Waals surface area contributed by atoms with E-state index in [1.807, 2.05) is 0 Å². The van der Waals surface area contributed by atoms with Gasteiger partial charge >= 0.3 is 0 Å². The van der Waals surface area contributed by atoms with E-state index in [9.17, 15) is 8.42 Å². The van der Waals surface area contributed by atoms with Gasteiger partial charge in [0.05, 0.1) is 5.69 Å². The van der Waals surface area contributed by atoms with E-state index in [0.29, 0.717) is 0 Å². The van der Waals surface area contributed by atoms with Gasteiger partial charge in [-0.3, -0.25) is 10.1 Å². The summed E-state index contributed by atoms with van der Waals surface area (Å²) in [5.74, 6) is 0.0946. The number of nitrogens with one attached hydrogen (secondary N) is 2. The van der Waals surface area contributed by atoms with Crippen molar-refractivity contribution in [2.24, 2.45) is 10.9 Å². The zero-order valence-corrected chi connectivity index (χ0v) is 9.12. The van der Waals surface area contributed by atoms with E-state index in [1.54, 1.807) is 12.1 Å². The van der Waals surface area contributed by atoms with Gasteiger partial charge in [0.1, 0.15) is 18.2 Å². The van der Waals surface area contributed by atoms with Crippen LogP contribution in [0.3, 0.4) is 0 Å². The van der Waals surface area contributed by atoms with Gasteiger partial charge in [0.2, 0.25) is 0 Å². The molecule has 0 aliphatic heterocycles. The molecule has 0 aromatic heterocycles. The second-order valence-corrected chi connectivity index (χ2v) is 4.25. The zero-order chi connectivity index (χ0) is 12.2. The molecular formula is C8H12N4O3S. The van der Waals surface area contributed by atoms with Crippen LogP contribution < -0.4 is 20.3 Å². The summed E-state index contributed by atoms with van der Waals surface area (Å²) in [6, 6.07) is 6.30. The monoisotopic (exact) mass is 244 g/mol. The molecule has 7 nitrogen and oxygen atoms in total. The molecule has 0 amide bonds. The smallest absolute Gasteiger partial charge is 0.296 e. The van der Waals surface area contributed by atoms with Crippen molar-refractivity contribution in [2.45, 2.75) is 0 Å². The third-order valence-electron chi connectivity index (χ3n) is 1.52. The van der Waals surface area contributed by atoms with Crippen LogP contribution in [0, 0.1) is 5.41 Å². The first kappa shape index (κ1) is 12.3. The molecule has 16 heavy (non-hydrogen) atoms. The molecule has 0 bridgehead atoms. The number of nitrogens with two attached hydrogens (primary N) is 2. The molecule has 0 saturated heterocycles. The fraction of sp³-hybridized carbons (Fsp3) is 0.125. The first-order chi connectivity index (χ1) is 7.38. The summed E-state index contributed by atoms with van der Waals surface area (Å²) in [4.78, 5) is 0. The summed E-state index contributed by atoms with van der Waals surface area (Å²) >= 11 is 0. The number of para-hydroxylation sites is 2. The molecule has 1 aromatic carbocycles. The Hall–Kier alpha value is -1.80. The molecule has 1 aromatic rings. The van der Waals surface area contributed by atoms with Crippen molar-refractivity contribution < 1.29 is 13.2 Å². The third-order valence-corrected chi connectivity index (χ3v) is 2.03. The Bertz CT molecular complexity index is 486. The molecule has 0 spiro atoms. The fourth-order valence-electron chi connectivity index (χ4n) is 0.986. The predicted octanol–water partition coefficient (Wildman–Crippen LogP) is -0.383. The summed E-state index contributed by atoms with van der Waals surface area (Å²) in [5.41, 5.74) is 5.31. The number of ether oxygens (including phenoxy) is 1. The summed E-state index contributed by atoms with van der Waals surface area (Å²) < 4.78 is 28.9. The lowest BCUT2D eigenvalue weighted by Gasteiger charge is -2.10. The first-order valence-electron chi connectivity index (χ1n) is 4.24. The average Bonchev–Trinajstić information content (AvgIpc) is 2.14. The highest BCUT2D eigenvalue weighted by Gasteiger charge is 2.08. The fourth-order valence-corrected chi connectivity index (χ4v) is 1.46. The van der Waals surface area contributed by atoms with Gasteiger partial charge in [0, 0.05) is 0 Å². The SMILES string of the molecule is N=C(N)COc1ccccc1NS(N)(=O)=O. The van der Waals surface area contributed by atoms with Crippen LogP contribution in [0.5, 0.6) is 5.75 Å². The van der Waals surface area contributed by atoms with E-state index >= 15 is 0 Å². The van der Waals surface area contributed by atoms with Crippen LogP contribution in [0.4, 0.5) is 5.69 Å². The summed E-state index contributed by atoms with van der Waals surface area (Å²) in [6.45, 7) is -0.122. The quantitative estimate of drug-likeness (QED) is 0.415. The van der Waals surface area contributed by atoms with Crippen molar-refractivity contribution in [2.75, 3.05) is 11.3 Å². The first-order valence-corrected chi connectivity index (χ1v) is 5.78. The number of rotatable bonds is 5. The largest absolute Gasteiger partial charge is 0.484 e. The molecule has 0 unspecified atom stereocenters. The predicted molar refractivity (Wildman–Crippen MR) is 60.6 cm³/mol. The van der Waals surface area contributed by atoms with Crippen LogP contribution in [0.1, 0.15) is 0 Å². The minimum atomic E-state index is -3.85. The Balaban J connectivity index is 2.87.